The van der Waals surface area contributed by atoms with Gasteiger partial charge in [0.05, 0.1) is 6.04 Å². The van der Waals surface area contributed by atoms with Crippen LogP contribution in [0.15, 0.2) is 18.2 Å². The lowest BCUT2D eigenvalue weighted by Gasteiger charge is -2.35. The first kappa shape index (κ1) is 19.3. The van der Waals surface area contributed by atoms with Crippen molar-refractivity contribution in [3.05, 3.63) is 23.8 Å². The SMILES string of the molecule is CC(NC(=O)c1ccc2c(c1)OC(F)(F)O2)C1CCN(C(=O)[C@H](C)N)CC1. The standard InChI is InChI=1S/C18H23F2N3O4/c1-10(21)17(25)23-7-5-12(6-8-23)11(2)22-16(24)13-3-4-14-15(9-13)27-18(19,20)26-14/h3-4,9-12H,5-8,21H2,1-2H3,(H,22,24)/t10-,11?/m0/s1. The van der Waals surface area contributed by atoms with Gasteiger partial charge in [-0.2, -0.15) is 0 Å². The van der Waals surface area contributed by atoms with E-state index in [-0.39, 0.29) is 40.8 Å². The molecule has 148 valence electrons. The lowest BCUT2D eigenvalue weighted by molar-refractivity contribution is -0.286. The molecule has 2 heterocycles. The maximum absolute atomic E-state index is 13.1. The number of benzene rings is 1. The van der Waals surface area contributed by atoms with Gasteiger partial charge in [-0.05, 0) is 50.8 Å². The number of likely N-dealkylation sites (tertiary alicyclic amines) is 1. The number of nitrogens with zero attached hydrogens (tertiary/aromatic N) is 1. The number of alkyl halides is 2. The zero-order valence-electron chi connectivity index (χ0n) is 15.2. The highest BCUT2D eigenvalue weighted by Crippen LogP contribution is 2.41. The quantitative estimate of drug-likeness (QED) is 0.826. The van der Waals surface area contributed by atoms with Gasteiger partial charge in [0.2, 0.25) is 5.91 Å². The normalized spacial score (nSPS) is 20.9. The summed E-state index contributed by atoms with van der Waals surface area (Å²) >= 11 is 0. The number of hydrogen-bond acceptors (Lipinski definition) is 5. The highest BCUT2D eigenvalue weighted by atomic mass is 19.3. The van der Waals surface area contributed by atoms with Crippen LogP contribution in [0, 0.1) is 5.92 Å². The summed E-state index contributed by atoms with van der Waals surface area (Å²) < 4.78 is 34.9. The van der Waals surface area contributed by atoms with Gasteiger partial charge in [-0.3, -0.25) is 9.59 Å². The number of nitrogens with two attached hydrogens (primary N) is 1. The maximum atomic E-state index is 13.1. The third-order valence-electron chi connectivity index (χ3n) is 4.97. The summed E-state index contributed by atoms with van der Waals surface area (Å²) in [6.07, 6.45) is -2.20. The Morgan fingerprint density at radius 1 is 1.22 bits per heavy atom. The largest absolute Gasteiger partial charge is 0.586 e. The Kier molecular flexibility index (Phi) is 5.23. The molecule has 0 spiro atoms. The zero-order valence-corrected chi connectivity index (χ0v) is 15.2. The molecule has 9 heteroatoms. The predicted molar refractivity (Wildman–Crippen MR) is 92.5 cm³/mol. The zero-order chi connectivity index (χ0) is 19.8. The van der Waals surface area contributed by atoms with Crippen LogP contribution < -0.4 is 20.5 Å². The number of halogens is 2. The van der Waals surface area contributed by atoms with E-state index in [2.05, 4.69) is 14.8 Å². The number of rotatable bonds is 4. The summed E-state index contributed by atoms with van der Waals surface area (Å²) in [7, 11) is 0. The first-order valence-electron chi connectivity index (χ1n) is 8.91. The predicted octanol–water partition coefficient (Wildman–Crippen LogP) is 1.71. The molecule has 1 fully saturated rings. The van der Waals surface area contributed by atoms with Gasteiger partial charge in [-0.15, -0.1) is 8.78 Å². The number of piperidine rings is 1. The molecule has 1 aromatic rings. The van der Waals surface area contributed by atoms with Crippen LogP contribution in [-0.4, -0.2) is 48.2 Å². The van der Waals surface area contributed by atoms with Gasteiger partial charge in [0.1, 0.15) is 0 Å². The number of carbonyl (C=O) groups is 2. The van der Waals surface area contributed by atoms with Gasteiger partial charge in [0, 0.05) is 24.7 Å². The van der Waals surface area contributed by atoms with Crippen molar-refractivity contribution in [1.29, 1.82) is 0 Å². The summed E-state index contributed by atoms with van der Waals surface area (Å²) in [6, 6.07) is 3.29. The van der Waals surface area contributed by atoms with Gasteiger partial charge in [-0.25, -0.2) is 0 Å². The van der Waals surface area contributed by atoms with Crippen LogP contribution in [0.3, 0.4) is 0 Å². The molecule has 0 bridgehead atoms. The molecular formula is C18H23F2N3O4. The first-order valence-corrected chi connectivity index (χ1v) is 8.91. The fourth-order valence-corrected chi connectivity index (χ4v) is 3.41. The molecule has 2 atom stereocenters. The Morgan fingerprint density at radius 3 is 2.48 bits per heavy atom. The second-order valence-corrected chi connectivity index (χ2v) is 7.04. The number of amides is 2. The fraction of sp³-hybridized carbons (Fsp3) is 0.556. The van der Waals surface area contributed by atoms with Crippen LogP contribution in [0.25, 0.3) is 0 Å². The van der Waals surface area contributed by atoms with Crippen molar-refractivity contribution in [2.75, 3.05) is 13.1 Å². The van der Waals surface area contributed by atoms with Crippen molar-refractivity contribution in [3.63, 3.8) is 0 Å². The molecule has 0 saturated carbocycles. The Balaban J connectivity index is 1.55. The minimum Gasteiger partial charge on any atom is -0.395 e. The van der Waals surface area contributed by atoms with Crippen LogP contribution in [0.5, 0.6) is 11.5 Å². The second-order valence-electron chi connectivity index (χ2n) is 7.04. The Hall–Kier alpha value is -2.42. The van der Waals surface area contributed by atoms with Crippen LogP contribution in [0.4, 0.5) is 8.78 Å². The van der Waals surface area contributed by atoms with Crippen LogP contribution >= 0.6 is 0 Å². The number of carbonyl (C=O) groups excluding carboxylic acids is 2. The maximum Gasteiger partial charge on any atom is 0.586 e. The molecule has 0 aromatic heterocycles. The molecule has 0 radical (unpaired) electrons. The number of ether oxygens (including phenoxy) is 2. The number of hydrogen-bond donors (Lipinski definition) is 2. The van der Waals surface area contributed by atoms with Gasteiger partial charge in [-0.1, -0.05) is 0 Å². The first-order chi connectivity index (χ1) is 12.7. The molecule has 2 amide bonds. The van der Waals surface area contributed by atoms with Crippen LogP contribution in [0.2, 0.25) is 0 Å². The molecule has 1 unspecified atom stereocenters. The highest BCUT2D eigenvalue weighted by Gasteiger charge is 2.43. The topological polar surface area (TPSA) is 93.9 Å². The molecule has 7 nitrogen and oxygen atoms in total. The van der Waals surface area contributed by atoms with E-state index < -0.39 is 12.3 Å². The smallest absolute Gasteiger partial charge is 0.395 e. The van der Waals surface area contributed by atoms with E-state index in [1.54, 1.807) is 11.8 Å². The molecule has 3 rings (SSSR count). The van der Waals surface area contributed by atoms with E-state index in [9.17, 15) is 18.4 Å². The number of fused-ring (bicyclic) bond motifs is 1. The van der Waals surface area contributed by atoms with E-state index in [0.717, 1.165) is 12.8 Å². The fourth-order valence-electron chi connectivity index (χ4n) is 3.41. The average molecular weight is 383 g/mol. The van der Waals surface area contributed by atoms with E-state index >= 15 is 0 Å². The minimum atomic E-state index is -3.71. The van der Waals surface area contributed by atoms with Gasteiger partial charge >= 0.3 is 6.29 Å². The van der Waals surface area contributed by atoms with Crippen molar-refractivity contribution >= 4 is 11.8 Å². The Bertz CT molecular complexity index is 733. The van der Waals surface area contributed by atoms with Crippen molar-refractivity contribution in [1.82, 2.24) is 10.2 Å². The third kappa shape index (κ3) is 4.29. The molecular weight excluding hydrogens is 360 g/mol. The lowest BCUT2D eigenvalue weighted by Crippen LogP contribution is -2.49. The van der Waals surface area contributed by atoms with E-state index in [0.29, 0.717) is 13.1 Å². The lowest BCUT2D eigenvalue weighted by atomic mass is 9.90. The Morgan fingerprint density at radius 2 is 1.85 bits per heavy atom. The van der Waals surface area contributed by atoms with Gasteiger partial charge in [0.25, 0.3) is 5.91 Å². The van der Waals surface area contributed by atoms with Crippen LogP contribution in [0.1, 0.15) is 37.0 Å². The molecule has 1 aromatic carbocycles. The van der Waals surface area contributed by atoms with E-state index in [1.165, 1.54) is 18.2 Å². The second kappa shape index (κ2) is 7.30. The molecule has 1 saturated heterocycles. The summed E-state index contributed by atoms with van der Waals surface area (Å²) in [4.78, 5) is 26.1. The third-order valence-corrected chi connectivity index (χ3v) is 4.97. The monoisotopic (exact) mass is 383 g/mol. The van der Waals surface area contributed by atoms with E-state index in [4.69, 9.17) is 5.73 Å². The van der Waals surface area contributed by atoms with Crippen LogP contribution in [-0.2, 0) is 4.79 Å². The summed E-state index contributed by atoms with van der Waals surface area (Å²) in [5.74, 6) is -0.497. The molecule has 3 N–H and O–H groups in total. The van der Waals surface area contributed by atoms with Gasteiger partial charge in [0.15, 0.2) is 11.5 Å². The summed E-state index contributed by atoms with van der Waals surface area (Å²) in [6.45, 7) is 4.76. The van der Waals surface area contributed by atoms with Crippen molar-refractivity contribution < 1.29 is 27.8 Å². The molecule has 2 aliphatic heterocycles. The minimum absolute atomic E-state index is 0.0673. The average Bonchev–Trinajstić information content (AvgIpc) is 2.93. The number of nitrogens with one attached hydrogen (secondary N) is 1. The molecule has 27 heavy (non-hydrogen) atoms. The highest BCUT2D eigenvalue weighted by molar-refractivity contribution is 5.95. The Labute approximate surface area is 155 Å². The van der Waals surface area contributed by atoms with E-state index in [1.807, 2.05) is 6.92 Å². The van der Waals surface area contributed by atoms with Gasteiger partial charge < -0.3 is 25.4 Å². The molecule has 0 aliphatic carbocycles. The van der Waals surface area contributed by atoms with Crippen molar-refractivity contribution in [2.24, 2.45) is 11.7 Å². The van der Waals surface area contributed by atoms with Crippen molar-refractivity contribution in [2.45, 2.75) is 45.1 Å². The summed E-state index contributed by atoms with van der Waals surface area (Å²) in [5.41, 5.74) is 5.85. The summed E-state index contributed by atoms with van der Waals surface area (Å²) in [5, 5.41) is 2.89. The van der Waals surface area contributed by atoms with Crippen molar-refractivity contribution in [3.8, 4) is 11.5 Å². The molecule has 2 aliphatic rings.